The first-order chi connectivity index (χ1) is 8.31. The van der Waals surface area contributed by atoms with Crippen LogP contribution in [0.5, 0.6) is 0 Å². The zero-order valence-corrected chi connectivity index (χ0v) is 11.0. The van der Waals surface area contributed by atoms with E-state index in [1.54, 1.807) is 11.3 Å². The molecule has 3 rings (SSSR count). The van der Waals surface area contributed by atoms with E-state index in [1.807, 2.05) is 0 Å². The van der Waals surface area contributed by atoms with Gasteiger partial charge in [0.1, 0.15) is 0 Å². The van der Waals surface area contributed by atoms with Crippen LogP contribution in [0.3, 0.4) is 0 Å². The van der Waals surface area contributed by atoms with E-state index < -0.39 is 0 Å². The number of aromatic nitrogens is 2. The van der Waals surface area contributed by atoms with Gasteiger partial charge in [-0.25, -0.2) is 4.98 Å². The molecular weight excluding hydrogens is 230 g/mol. The fourth-order valence-electron chi connectivity index (χ4n) is 2.05. The third kappa shape index (κ3) is 2.87. The molecule has 1 aliphatic rings. The molecule has 0 amide bonds. The van der Waals surface area contributed by atoms with Gasteiger partial charge in [0.25, 0.3) is 0 Å². The van der Waals surface area contributed by atoms with Crippen molar-refractivity contribution in [2.75, 3.05) is 6.54 Å². The van der Waals surface area contributed by atoms with Crippen LogP contribution in [0, 0.1) is 5.92 Å². The summed E-state index contributed by atoms with van der Waals surface area (Å²) in [4.78, 5) is 5.73. The Bertz CT molecular complexity index is 455. The van der Waals surface area contributed by atoms with Crippen molar-refractivity contribution in [1.82, 2.24) is 14.7 Å². The molecule has 2 aromatic heterocycles. The number of imidazole rings is 1. The van der Waals surface area contributed by atoms with Crippen molar-refractivity contribution in [1.29, 1.82) is 0 Å². The molecule has 1 saturated carbocycles. The molecule has 1 fully saturated rings. The van der Waals surface area contributed by atoms with Gasteiger partial charge in [0.2, 0.25) is 0 Å². The fraction of sp³-hybridized carbons (Fsp3) is 0.615. The van der Waals surface area contributed by atoms with Crippen molar-refractivity contribution in [2.45, 2.75) is 38.6 Å². The quantitative estimate of drug-likeness (QED) is 0.853. The Kier molecular flexibility index (Phi) is 3.16. The first-order valence-corrected chi connectivity index (χ1v) is 7.33. The Hall–Kier alpha value is -0.870. The summed E-state index contributed by atoms with van der Waals surface area (Å²) in [5, 5.41) is 5.67. The van der Waals surface area contributed by atoms with Crippen molar-refractivity contribution < 1.29 is 0 Å². The van der Waals surface area contributed by atoms with E-state index in [1.165, 1.54) is 25.0 Å². The van der Waals surface area contributed by atoms with E-state index in [0.717, 1.165) is 29.9 Å². The molecule has 2 heterocycles. The number of rotatable bonds is 6. The molecule has 1 N–H and O–H groups in total. The zero-order valence-electron chi connectivity index (χ0n) is 10.2. The molecule has 0 aromatic carbocycles. The minimum absolute atomic E-state index is 0.746. The molecule has 4 heteroatoms. The Morgan fingerprint density at radius 1 is 1.59 bits per heavy atom. The summed E-state index contributed by atoms with van der Waals surface area (Å²) < 4.78 is 2.12. The molecule has 1 aliphatic carbocycles. The van der Waals surface area contributed by atoms with Crippen LogP contribution in [0.2, 0.25) is 0 Å². The van der Waals surface area contributed by atoms with E-state index in [2.05, 4.69) is 39.4 Å². The van der Waals surface area contributed by atoms with Gasteiger partial charge in [0.05, 0.1) is 5.69 Å². The second-order valence-corrected chi connectivity index (χ2v) is 6.02. The first-order valence-electron chi connectivity index (χ1n) is 6.46. The fourth-order valence-corrected chi connectivity index (χ4v) is 2.77. The van der Waals surface area contributed by atoms with Gasteiger partial charge >= 0.3 is 0 Å². The molecule has 1 atom stereocenters. The second kappa shape index (κ2) is 4.78. The molecule has 1 unspecified atom stereocenters. The van der Waals surface area contributed by atoms with Gasteiger partial charge in [-0.3, -0.25) is 4.40 Å². The van der Waals surface area contributed by atoms with E-state index in [9.17, 15) is 0 Å². The molecule has 0 bridgehead atoms. The SMILES string of the molecule is CC(CCc1cn2ccsc2n1)CNC1CC1. The average Bonchev–Trinajstić information content (AvgIpc) is 2.91. The van der Waals surface area contributed by atoms with Crippen LogP contribution in [0.1, 0.15) is 31.9 Å². The van der Waals surface area contributed by atoms with Crippen molar-refractivity contribution >= 4 is 16.3 Å². The van der Waals surface area contributed by atoms with E-state index in [-0.39, 0.29) is 0 Å². The summed E-state index contributed by atoms with van der Waals surface area (Å²) in [5.74, 6) is 0.746. The largest absolute Gasteiger partial charge is 0.314 e. The highest BCUT2D eigenvalue weighted by molar-refractivity contribution is 7.15. The molecular formula is C13H19N3S. The Morgan fingerprint density at radius 3 is 3.24 bits per heavy atom. The van der Waals surface area contributed by atoms with Crippen molar-refractivity contribution in [3.63, 3.8) is 0 Å². The molecule has 2 aromatic rings. The Balaban J connectivity index is 1.47. The van der Waals surface area contributed by atoms with Crippen molar-refractivity contribution in [2.24, 2.45) is 5.92 Å². The van der Waals surface area contributed by atoms with Crippen LogP contribution in [-0.4, -0.2) is 22.0 Å². The molecule has 0 radical (unpaired) electrons. The monoisotopic (exact) mass is 249 g/mol. The number of fused-ring (bicyclic) bond motifs is 1. The lowest BCUT2D eigenvalue weighted by Crippen LogP contribution is -2.23. The van der Waals surface area contributed by atoms with Gasteiger partial charge in [0, 0.05) is 23.8 Å². The highest BCUT2D eigenvalue weighted by Crippen LogP contribution is 2.19. The number of nitrogens with zero attached hydrogens (tertiary/aromatic N) is 2. The van der Waals surface area contributed by atoms with Crippen LogP contribution in [-0.2, 0) is 6.42 Å². The van der Waals surface area contributed by atoms with Crippen LogP contribution in [0.25, 0.3) is 4.96 Å². The maximum absolute atomic E-state index is 4.61. The van der Waals surface area contributed by atoms with Crippen LogP contribution >= 0.6 is 11.3 Å². The van der Waals surface area contributed by atoms with Crippen molar-refractivity contribution in [3.8, 4) is 0 Å². The summed E-state index contributed by atoms with van der Waals surface area (Å²) >= 11 is 1.70. The summed E-state index contributed by atoms with van der Waals surface area (Å²) in [6.45, 7) is 3.49. The standard InChI is InChI=1S/C13H19N3S/c1-10(8-14-11-4-5-11)2-3-12-9-16-6-7-17-13(16)15-12/h6-7,9-11,14H,2-5,8H2,1H3. The van der Waals surface area contributed by atoms with Gasteiger partial charge in [0.15, 0.2) is 4.96 Å². The predicted molar refractivity (Wildman–Crippen MR) is 71.6 cm³/mol. The zero-order chi connectivity index (χ0) is 11.7. The Labute approximate surface area is 106 Å². The predicted octanol–water partition coefficient (Wildman–Crippen LogP) is 2.72. The van der Waals surface area contributed by atoms with Crippen molar-refractivity contribution in [3.05, 3.63) is 23.5 Å². The van der Waals surface area contributed by atoms with Crippen LogP contribution in [0.15, 0.2) is 17.8 Å². The minimum Gasteiger partial charge on any atom is -0.314 e. The van der Waals surface area contributed by atoms with Gasteiger partial charge < -0.3 is 5.32 Å². The third-order valence-electron chi connectivity index (χ3n) is 3.37. The maximum atomic E-state index is 4.61. The first kappa shape index (κ1) is 11.2. The molecule has 3 nitrogen and oxygen atoms in total. The molecule has 17 heavy (non-hydrogen) atoms. The maximum Gasteiger partial charge on any atom is 0.193 e. The number of nitrogens with one attached hydrogen (secondary N) is 1. The highest BCUT2D eigenvalue weighted by atomic mass is 32.1. The minimum atomic E-state index is 0.746. The van der Waals surface area contributed by atoms with Gasteiger partial charge in [-0.15, -0.1) is 11.3 Å². The lowest BCUT2D eigenvalue weighted by molar-refractivity contribution is 0.478. The summed E-state index contributed by atoms with van der Waals surface area (Å²) in [6, 6.07) is 0.829. The number of hydrogen-bond acceptors (Lipinski definition) is 3. The van der Waals surface area contributed by atoms with Gasteiger partial charge in [-0.1, -0.05) is 6.92 Å². The van der Waals surface area contributed by atoms with Gasteiger partial charge in [-0.2, -0.15) is 0 Å². The van der Waals surface area contributed by atoms with Crippen LogP contribution in [0.4, 0.5) is 0 Å². The number of thiazole rings is 1. The average molecular weight is 249 g/mol. The van der Waals surface area contributed by atoms with Gasteiger partial charge in [-0.05, 0) is 38.1 Å². The van der Waals surface area contributed by atoms with Crippen LogP contribution < -0.4 is 5.32 Å². The summed E-state index contributed by atoms with van der Waals surface area (Å²) in [6.07, 6.45) is 9.32. The lowest BCUT2D eigenvalue weighted by Gasteiger charge is -2.10. The van der Waals surface area contributed by atoms with E-state index >= 15 is 0 Å². The lowest BCUT2D eigenvalue weighted by atomic mass is 10.0. The normalized spacial score (nSPS) is 17.7. The number of aryl methyl sites for hydroxylation is 1. The molecule has 0 saturated heterocycles. The highest BCUT2D eigenvalue weighted by Gasteiger charge is 2.20. The van der Waals surface area contributed by atoms with E-state index in [4.69, 9.17) is 0 Å². The van der Waals surface area contributed by atoms with E-state index in [0.29, 0.717) is 0 Å². The summed E-state index contributed by atoms with van der Waals surface area (Å²) in [5.41, 5.74) is 1.23. The Morgan fingerprint density at radius 2 is 2.47 bits per heavy atom. The molecule has 0 aliphatic heterocycles. The molecule has 0 spiro atoms. The third-order valence-corrected chi connectivity index (χ3v) is 4.14. The molecule has 92 valence electrons. The number of hydrogen-bond donors (Lipinski definition) is 1. The summed E-state index contributed by atoms with van der Waals surface area (Å²) in [7, 11) is 0. The second-order valence-electron chi connectivity index (χ2n) is 5.15. The smallest absolute Gasteiger partial charge is 0.193 e. The topological polar surface area (TPSA) is 29.3 Å².